The van der Waals surface area contributed by atoms with Gasteiger partial charge in [-0.05, 0) is 42.4 Å². The van der Waals surface area contributed by atoms with Gasteiger partial charge in [0.1, 0.15) is 5.82 Å². The number of benzene rings is 1. The first kappa shape index (κ1) is 18.9. The number of aromatic amines is 1. The zero-order valence-corrected chi connectivity index (χ0v) is 15.7. The molecule has 26 heavy (non-hydrogen) atoms. The number of aliphatic hydroxyl groups excluding tert-OH is 1. The van der Waals surface area contributed by atoms with E-state index in [1.165, 1.54) is 12.5 Å². The summed E-state index contributed by atoms with van der Waals surface area (Å²) < 4.78 is 14.3. The summed E-state index contributed by atoms with van der Waals surface area (Å²) in [5, 5.41) is 10.0. The Bertz CT molecular complexity index is 758. The third-order valence-electron chi connectivity index (χ3n) is 5.82. The second-order valence-electron chi connectivity index (χ2n) is 7.65. The molecule has 1 saturated carbocycles. The Balaban J connectivity index is 1.77. The highest BCUT2D eigenvalue weighted by Crippen LogP contribution is 2.32. The second kappa shape index (κ2) is 8.21. The van der Waals surface area contributed by atoms with Gasteiger partial charge < -0.3 is 15.0 Å². The van der Waals surface area contributed by atoms with Crippen LogP contribution in [0.5, 0.6) is 0 Å². The summed E-state index contributed by atoms with van der Waals surface area (Å²) in [5.41, 5.74) is 1.60. The minimum atomic E-state index is -0.258. The van der Waals surface area contributed by atoms with Crippen LogP contribution in [0.3, 0.4) is 0 Å². The molecule has 1 heterocycles. The quantitative estimate of drug-likeness (QED) is 0.811. The highest BCUT2D eigenvalue weighted by Gasteiger charge is 2.31. The van der Waals surface area contributed by atoms with Gasteiger partial charge >= 0.3 is 0 Å². The van der Waals surface area contributed by atoms with E-state index in [-0.39, 0.29) is 30.3 Å². The van der Waals surface area contributed by atoms with Crippen molar-refractivity contribution in [3.05, 3.63) is 35.8 Å². The molecule has 2 aromatic rings. The molecule has 1 aliphatic rings. The number of fused-ring (bicyclic) bond motifs is 1. The summed E-state index contributed by atoms with van der Waals surface area (Å²) in [6.45, 7) is 4.52. The predicted octanol–water partition coefficient (Wildman–Crippen LogP) is 4.20. The molecule has 3 rings (SSSR count). The van der Waals surface area contributed by atoms with Gasteiger partial charge in [-0.2, -0.15) is 0 Å². The van der Waals surface area contributed by atoms with E-state index < -0.39 is 0 Å². The van der Waals surface area contributed by atoms with Crippen molar-refractivity contribution in [2.24, 2.45) is 5.92 Å². The van der Waals surface area contributed by atoms with E-state index >= 15 is 0 Å². The first-order valence-corrected chi connectivity index (χ1v) is 9.68. The van der Waals surface area contributed by atoms with Crippen LogP contribution in [0.1, 0.15) is 57.4 Å². The smallest absolute Gasteiger partial charge is 0.223 e. The van der Waals surface area contributed by atoms with Crippen molar-refractivity contribution in [2.45, 2.75) is 57.9 Å². The fourth-order valence-corrected chi connectivity index (χ4v) is 4.39. The topological polar surface area (TPSA) is 56.3 Å². The monoisotopic (exact) mass is 360 g/mol. The number of nitrogens with one attached hydrogen (secondary N) is 1. The molecule has 1 amide bonds. The molecule has 0 aliphatic heterocycles. The van der Waals surface area contributed by atoms with Crippen molar-refractivity contribution in [2.75, 3.05) is 13.2 Å². The van der Waals surface area contributed by atoms with Crippen LogP contribution >= 0.6 is 0 Å². The van der Waals surface area contributed by atoms with E-state index in [9.17, 15) is 14.3 Å². The molecule has 1 aromatic heterocycles. The summed E-state index contributed by atoms with van der Waals surface area (Å²) in [6, 6.07) is 5.19. The van der Waals surface area contributed by atoms with Crippen molar-refractivity contribution in [1.82, 2.24) is 9.88 Å². The molecule has 5 heteroatoms. The number of rotatable bonds is 6. The molecule has 4 nitrogen and oxygen atoms in total. The van der Waals surface area contributed by atoms with Gasteiger partial charge in [0.25, 0.3) is 0 Å². The maximum atomic E-state index is 14.3. The molecule has 0 bridgehead atoms. The van der Waals surface area contributed by atoms with Crippen LogP contribution in [0, 0.1) is 11.7 Å². The number of H-pyrrole nitrogens is 1. The summed E-state index contributed by atoms with van der Waals surface area (Å²) >= 11 is 0. The van der Waals surface area contributed by atoms with Crippen LogP contribution in [0.4, 0.5) is 4.39 Å². The van der Waals surface area contributed by atoms with Crippen LogP contribution in [-0.2, 0) is 4.79 Å². The third kappa shape index (κ3) is 3.78. The first-order valence-electron chi connectivity index (χ1n) is 9.68. The SMILES string of the molecule is CC(CC(=O)N(CCO)C1CCCCC1C)c1c[nH]c2cccc(F)c12. The molecule has 0 spiro atoms. The van der Waals surface area contributed by atoms with Gasteiger partial charge in [0.2, 0.25) is 5.91 Å². The minimum absolute atomic E-state index is 0.0228. The lowest BCUT2D eigenvalue weighted by atomic mass is 9.84. The lowest BCUT2D eigenvalue weighted by molar-refractivity contribution is -0.136. The number of aromatic nitrogens is 1. The van der Waals surface area contributed by atoms with Crippen molar-refractivity contribution in [3.63, 3.8) is 0 Å². The molecule has 1 fully saturated rings. The average Bonchev–Trinajstić information content (AvgIpc) is 3.06. The number of halogens is 1. The van der Waals surface area contributed by atoms with Crippen molar-refractivity contribution >= 4 is 16.8 Å². The van der Waals surface area contributed by atoms with E-state index in [4.69, 9.17) is 0 Å². The number of hydrogen-bond acceptors (Lipinski definition) is 2. The van der Waals surface area contributed by atoms with Crippen LogP contribution in [0.15, 0.2) is 24.4 Å². The molecule has 2 N–H and O–H groups in total. The predicted molar refractivity (Wildman–Crippen MR) is 102 cm³/mol. The fourth-order valence-electron chi connectivity index (χ4n) is 4.39. The maximum absolute atomic E-state index is 14.3. The Kier molecular flexibility index (Phi) is 5.97. The summed E-state index contributed by atoms with van der Waals surface area (Å²) in [6.07, 6.45) is 6.61. The number of amides is 1. The molecule has 0 radical (unpaired) electrons. The van der Waals surface area contributed by atoms with Gasteiger partial charge in [0.15, 0.2) is 0 Å². The summed E-state index contributed by atoms with van der Waals surface area (Å²) in [4.78, 5) is 18.0. The molecule has 3 unspecified atom stereocenters. The van der Waals surface area contributed by atoms with Crippen LogP contribution in [-0.4, -0.2) is 40.1 Å². The van der Waals surface area contributed by atoms with Gasteiger partial charge in [-0.25, -0.2) is 4.39 Å². The van der Waals surface area contributed by atoms with E-state index in [0.29, 0.717) is 24.3 Å². The van der Waals surface area contributed by atoms with Crippen molar-refractivity contribution < 1.29 is 14.3 Å². The standard InChI is InChI=1S/C21H29FN2O2/c1-14-6-3-4-9-19(14)24(10-11-25)20(26)12-15(2)16-13-23-18-8-5-7-17(22)21(16)18/h5,7-8,13-15,19,23,25H,3-4,6,9-12H2,1-2H3. The van der Waals surface area contributed by atoms with Crippen LogP contribution in [0.2, 0.25) is 0 Å². The van der Waals surface area contributed by atoms with Gasteiger partial charge in [0.05, 0.1) is 6.61 Å². The van der Waals surface area contributed by atoms with Gasteiger partial charge in [-0.15, -0.1) is 0 Å². The lowest BCUT2D eigenvalue weighted by Gasteiger charge is -2.39. The summed E-state index contributed by atoms with van der Waals surface area (Å²) in [5.74, 6) is 0.162. The Morgan fingerprint density at radius 2 is 2.15 bits per heavy atom. The molecular formula is C21H29FN2O2. The van der Waals surface area contributed by atoms with E-state index in [1.54, 1.807) is 6.07 Å². The third-order valence-corrected chi connectivity index (χ3v) is 5.82. The van der Waals surface area contributed by atoms with Crippen LogP contribution < -0.4 is 0 Å². The largest absolute Gasteiger partial charge is 0.395 e. The fraction of sp³-hybridized carbons (Fsp3) is 0.571. The number of nitrogens with zero attached hydrogens (tertiary/aromatic N) is 1. The van der Waals surface area contributed by atoms with Gasteiger partial charge in [0, 0.05) is 36.1 Å². The normalized spacial score (nSPS) is 21.7. The molecule has 142 valence electrons. The number of carbonyl (C=O) groups excluding carboxylic acids is 1. The van der Waals surface area contributed by atoms with E-state index in [2.05, 4.69) is 11.9 Å². The van der Waals surface area contributed by atoms with Gasteiger partial charge in [-0.1, -0.05) is 32.8 Å². The zero-order valence-electron chi connectivity index (χ0n) is 15.7. The molecule has 3 atom stereocenters. The van der Waals surface area contributed by atoms with Crippen molar-refractivity contribution in [3.8, 4) is 0 Å². The van der Waals surface area contributed by atoms with Crippen LogP contribution in [0.25, 0.3) is 10.9 Å². The average molecular weight is 360 g/mol. The van der Waals surface area contributed by atoms with Gasteiger partial charge in [-0.3, -0.25) is 4.79 Å². The maximum Gasteiger partial charge on any atom is 0.223 e. The molecule has 0 saturated heterocycles. The summed E-state index contributed by atoms with van der Waals surface area (Å²) in [7, 11) is 0. The Morgan fingerprint density at radius 3 is 2.88 bits per heavy atom. The minimum Gasteiger partial charge on any atom is -0.395 e. The number of aliphatic hydroxyl groups is 1. The molecular weight excluding hydrogens is 331 g/mol. The Labute approximate surface area is 154 Å². The Hall–Kier alpha value is -1.88. The zero-order chi connectivity index (χ0) is 18.7. The Morgan fingerprint density at radius 1 is 1.38 bits per heavy atom. The van der Waals surface area contributed by atoms with E-state index in [1.807, 2.05) is 24.1 Å². The van der Waals surface area contributed by atoms with E-state index in [0.717, 1.165) is 30.3 Å². The highest BCUT2D eigenvalue weighted by atomic mass is 19.1. The lowest BCUT2D eigenvalue weighted by Crippen LogP contribution is -2.46. The molecule has 1 aromatic carbocycles. The number of hydrogen-bond donors (Lipinski definition) is 2. The molecule has 1 aliphatic carbocycles. The highest BCUT2D eigenvalue weighted by molar-refractivity contribution is 5.85. The first-order chi connectivity index (χ1) is 12.5. The van der Waals surface area contributed by atoms with Crippen molar-refractivity contribution in [1.29, 1.82) is 0 Å². The second-order valence-corrected chi connectivity index (χ2v) is 7.65. The number of carbonyl (C=O) groups is 1.